The minimum atomic E-state index is -1.57. The first kappa shape index (κ1) is 48.9. The fourth-order valence-electron chi connectivity index (χ4n) is 6.20. The maximum Gasteiger partial charge on any atom is 0.220 e. The van der Waals surface area contributed by atoms with Crippen LogP contribution in [0.5, 0.6) is 0 Å². The van der Waals surface area contributed by atoms with E-state index in [9.17, 15) is 30.3 Å². The smallest absolute Gasteiger partial charge is 0.220 e. The van der Waals surface area contributed by atoms with Crippen molar-refractivity contribution in [1.29, 1.82) is 0 Å². The van der Waals surface area contributed by atoms with Crippen molar-refractivity contribution >= 4 is 5.91 Å². The third-order valence-electron chi connectivity index (χ3n) is 9.60. The van der Waals surface area contributed by atoms with Crippen molar-refractivity contribution in [3.63, 3.8) is 0 Å². The lowest BCUT2D eigenvalue weighted by Gasteiger charge is -2.40. The molecule has 0 aliphatic carbocycles. The summed E-state index contributed by atoms with van der Waals surface area (Å²) in [5, 5.41) is 53.9. The molecule has 0 aromatic rings. The molecule has 7 atom stereocenters. The molecule has 9 heteroatoms. The molecule has 306 valence electrons. The minimum absolute atomic E-state index is 0.192. The Morgan fingerprint density at radius 1 is 0.660 bits per heavy atom. The molecule has 53 heavy (non-hydrogen) atoms. The van der Waals surface area contributed by atoms with Gasteiger partial charge in [-0.25, -0.2) is 0 Å². The summed E-state index contributed by atoms with van der Waals surface area (Å²) in [5.74, 6) is -0.192. The average Bonchev–Trinajstić information content (AvgIpc) is 3.16. The van der Waals surface area contributed by atoms with Crippen molar-refractivity contribution in [3.05, 3.63) is 60.8 Å². The van der Waals surface area contributed by atoms with Crippen LogP contribution in [0.4, 0.5) is 0 Å². The molecular formula is C44H77NO8. The molecule has 1 fully saturated rings. The van der Waals surface area contributed by atoms with E-state index in [1.807, 2.05) is 6.08 Å². The molecule has 0 bridgehead atoms. The van der Waals surface area contributed by atoms with Crippen LogP contribution in [0.3, 0.4) is 0 Å². The van der Waals surface area contributed by atoms with Gasteiger partial charge in [0.05, 0.1) is 25.4 Å². The van der Waals surface area contributed by atoms with E-state index in [-0.39, 0.29) is 12.5 Å². The molecule has 0 aromatic carbocycles. The Bertz CT molecular complexity index is 1010. The third kappa shape index (κ3) is 25.6. The van der Waals surface area contributed by atoms with E-state index >= 15 is 0 Å². The Kier molecular flexibility index (Phi) is 31.7. The molecule has 7 unspecified atom stereocenters. The number of aliphatic hydroxyl groups is 5. The lowest BCUT2D eigenvalue weighted by Crippen LogP contribution is -2.60. The van der Waals surface area contributed by atoms with E-state index in [0.717, 1.165) is 77.0 Å². The zero-order chi connectivity index (χ0) is 38.8. The minimum Gasteiger partial charge on any atom is -0.394 e. The van der Waals surface area contributed by atoms with Gasteiger partial charge in [-0.1, -0.05) is 152 Å². The van der Waals surface area contributed by atoms with Gasteiger partial charge in [0, 0.05) is 6.42 Å². The summed E-state index contributed by atoms with van der Waals surface area (Å²) in [7, 11) is 0. The number of carbonyl (C=O) groups is 1. The van der Waals surface area contributed by atoms with E-state index in [1.54, 1.807) is 6.08 Å². The first-order chi connectivity index (χ1) is 25.8. The van der Waals surface area contributed by atoms with Gasteiger partial charge in [-0.15, -0.1) is 0 Å². The van der Waals surface area contributed by atoms with Crippen LogP contribution in [0, 0.1) is 0 Å². The number of allylic oxidation sites excluding steroid dienone is 9. The van der Waals surface area contributed by atoms with E-state index in [0.29, 0.717) is 6.42 Å². The number of nitrogens with one attached hydrogen (secondary N) is 1. The van der Waals surface area contributed by atoms with Crippen LogP contribution in [0.1, 0.15) is 155 Å². The standard InChI is InChI=1S/C44H77NO8/c1-3-5-7-9-11-13-14-15-16-17-18-19-20-21-22-23-24-26-28-30-32-34-40(48)45-37(38(47)33-31-29-27-25-12-10-8-6-4-2)36-52-44-43(51)42(50)41(49)39(35-46)53-44/h5,7,11,13,15-16,18-19,31,33,37-39,41-44,46-47,49-51H,3-4,6,8-10,12,14,17,20-30,32,34-36H2,1-2H3,(H,45,48)/b7-5-,13-11-,16-15-,19-18-,33-31+. The lowest BCUT2D eigenvalue weighted by molar-refractivity contribution is -0.302. The van der Waals surface area contributed by atoms with Crippen molar-refractivity contribution in [3.8, 4) is 0 Å². The largest absolute Gasteiger partial charge is 0.394 e. The van der Waals surface area contributed by atoms with Crippen LogP contribution in [-0.4, -0.2) is 87.5 Å². The summed E-state index contributed by atoms with van der Waals surface area (Å²) in [4.78, 5) is 12.9. The predicted octanol–water partition coefficient (Wildman–Crippen LogP) is 8.05. The second-order valence-electron chi connectivity index (χ2n) is 14.4. The maximum atomic E-state index is 12.9. The molecule has 1 aliphatic heterocycles. The van der Waals surface area contributed by atoms with Crippen molar-refractivity contribution < 1.29 is 39.8 Å². The Hall–Kier alpha value is -2.11. The fraction of sp³-hybridized carbons (Fsp3) is 0.750. The summed E-state index contributed by atoms with van der Waals surface area (Å²) in [5.41, 5.74) is 0. The monoisotopic (exact) mass is 748 g/mol. The van der Waals surface area contributed by atoms with Gasteiger partial charge >= 0.3 is 0 Å². The molecule has 0 aromatic heterocycles. The molecule has 1 heterocycles. The van der Waals surface area contributed by atoms with Crippen LogP contribution < -0.4 is 5.32 Å². The summed E-state index contributed by atoms with van der Waals surface area (Å²) in [6.07, 6.45) is 37.0. The van der Waals surface area contributed by atoms with Crippen LogP contribution in [0.15, 0.2) is 60.8 Å². The Morgan fingerprint density at radius 3 is 1.74 bits per heavy atom. The van der Waals surface area contributed by atoms with E-state index in [2.05, 4.69) is 67.8 Å². The van der Waals surface area contributed by atoms with Crippen molar-refractivity contribution in [2.45, 2.75) is 198 Å². The Labute approximate surface area is 322 Å². The molecule has 1 rings (SSSR count). The molecular weight excluding hydrogens is 670 g/mol. The zero-order valence-corrected chi connectivity index (χ0v) is 33.2. The molecule has 0 spiro atoms. The van der Waals surface area contributed by atoms with Gasteiger partial charge in [0.15, 0.2) is 6.29 Å². The summed E-state index contributed by atoms with van der Waals surface area (Å²) >= 11 is 0. The Morgan fingerprint density at radius 2 is 1.17 bits per heavy atom. The summed E-state index contributed by atoms with van der Waals surface area (Å²) in [6, 6.07) is -0.808. The number of hydrogen-bond acceptors (Lipinski definition) is 8. The SMILES string of the molecule is CC/C=C\C/C=C\C/C=C\C/C=C\CCCCCCCCCCC(=O)NC(COC1OC(CO)C(O)C(O)C1O)C(O)/C=C/CCCCCCCCC. The van der Waals surface area contributed by atoms with Crippen LogP contribution in [0.2, 0.25) is 0 Å². The van der Waals surface area contributed by atoms with Crippen LogP contribution in [-0.2, 0) is 14.3 Å². The van der Waals surface area contributed by atoms with E-state index in [1.165, 1.54) is 57.8 Å². The second kappa shape index (κ2) is 34.4. The number of hydrogen-bond donors (Lipinski definition) is 6. The van der Waals surface area contributed by atoms with Crippen LogP contribution in [0.25, 0.3) is 0 Å². The zero-order valence-electron chi connectivity index (χ0n) is 33.2. The van der Waals surface area contributed by atoms with Gasteiger partial charge < -0.3 is 40.3 Å². The number of rotatable bonds is 33. The fourth-order valence-corrected chi connectivity index (χ4v) is 6.20. The molecule has 9 nitrogen and oxygen atoms in total. The molecule has 1 saturated heterocycles. The van der Waals surface area contributed by atoms with Crippen molar-refractivity contribution in [2.75, 3.05) is 13.2 Å². The molecule has 1 amide bonds. The third-order valence-corrected chi connectivity index (χ3v) is 9.60. The summed E-state index contributed by atoms with van der Waals surface area (Å²) in [6.45, 7) is 3.60. The van der Waals surface area contributed by atoms with Crippen molar-refractivity contribution in [1.82, 2.24) is 5.32 Å². The highest BCUT2D eigenvalue weighted by atomic mass is 16.7. The molecule has 6 N–H and O–H groups in total. The molecule has 0 saturated carbocycles. The van der Waals surface area contributed by atoms with E-state index < -0.39 is 49.5 Å². The first-order valence-electron chi connectivity index (χ1n) is 21.0. The number of amides is 1. The van der Waals surface area contributed by atoms with Gasteiger partial charge in [0.1, 0.15) is 24.4 Å². The van der Waals surface area contributed by atoms with Gasteiger partial charge in [-0.3, -0.25) is 4.79 Å². The highest BCUT2D eigenvalue weighted by molar-refractivity contribution is 5.76. The predicted molar refractivity (Wildman–Crippen MR) is 216 cm³/mol. The van der Waals surface area contributed by atoms with Gasteiger partial charge in [-0.2, -0.15) is 0 Å². The number of carbonyl (C=O) groups excluding carboxylic acids is 1. The molecule has 0 radical (unpaired) electrons. The number of ether oxygens (including phenoxy) is 2. The highest BCUT2D eigenvalue weighted by Gasteiger charge is 2.44. The van der Waals surface area contributed by atoms with Gasteiger partial charge in [0.2, 0.25) is 5.91 Å². The Balaban J connectivity index is 2.33. The maximum absolute atomic E-state index is 12.9. The average molecular weight is 748 g/mol. The topological polar surface area (TPSA) is 149 Å². The van der Waals surface area contributed by atoms with Crippen LogP contribution >= 0.6 is 0 Å². The molecule has 1 aliphatic rings. The summed E-state index contributed by atoms with van der Waals surface area (Å²) < 4.78 is 11.1. The van der Waals surface area contributed by atoms with Gasteiger partial charge in [-0.05, 0) is 57.8 Å². The first-order valence-corrected chi connectivity index (χ1v) is 21.0. The van der Waals surface area contributed by atoms with Gasteiger partial charge in [0.25, 0.3) is 0 Å². The lowest BCUT2D eigenvalue weighted by atomic mass is 9.99. The van der Waals surface area contributed by atoms with E-state index in [4.69, 9.17) is 9.47 Å². The number of unbranched alkanes of at least 4 members (excludes halogenated alkanes) is 15. The van der Waals surface area contributed by atoms with Crippen molar-refractivity contribution in [2.24, 2.45) is 0 Å². The highest BCUT2D eigenvalue weighted by Crippen LogP contribution is 2.22. The quantitative estimate of drug-likeness (QED) is 0.0292. The number of aliphatic hydroxyl groups excluding tert-OH is 5. The normalized spacial score (nSPS) is 22.3. The second-order valence-corrected chi connectivity index (χ2v) is 14.4.